The Morgan fingerprint density at radius 1 is 1.39 bits per heavy atom. The van der Waals surface area contributed by atoms with Crippen LogP contribution < -0.4 is 15.6 Å². The number of nitrogens with one attached hydrogen (secondary N) is 1. The first-order chi connectivity index (χ1) is 13.3. The topological polar surface area (TPSA) is 92.8 Å². The quantitative estimate of drug-likeness (QED) is 0.774. The van der Waals surface area contributed by atoms with Gasteiger partial charge in [0.2, 0.25) is 5.88 Å². The zero-order valence-electron chi connectivity index (χ0n) is 15.9. The van der Waals surface area contributed by atoms with E-state index >= 15 is 0 Å². The third kappa shape index (κ3) is 4.11. The molecule has 1 fully saturated rings. The second kappa shape index (κ2) is 7.92. The van der Waals surface area contributed by atoms with Crippen molar-refractivity contribution in [1.82, 2.24) is 14.5 Å². The number of hydrogen-bond acceptors (Lipinski definition) is 6. The van der Waals surface area contributed by atoms with Crippen molar-refractivity contribution in [3.05, 3.63) is 39.6 Å². The Bertz CT molecular complexity index is 980. The van der Waals surface area contributed by atoms with Gasteiger partial charge in [0.1, 0.15) is 6.07 Å². The van der Waals surface area contributed by atoms with Crippen molar-refractivity contribution in [2.75, 3.05) is 5.32 Å². The highest BCUT2D eigenvalue weighted by molar-refractivity contribution is 5.60. The third-order valence-corrected chi connectivity index (χ3v) is 4.80. The first-order valence-electron chi connectivity index (χ1n) is 9.07. The molecule has 0 amide bonds. The molecule has 1 saturated carbocycles. The molecule has 28 heavy (non-hydrogen) atoms. The van der Waals surface area contributed by atoms with E-state index in [4.69, 9.17) is 0 Å². The molecule has 1 atom stereocenters. The standard InChI is InChI=1S/C19H21F2N5O2/c1-4-15(12-5-6-12)26-9-13(8-22)24-16(18(26)27)25-14-7-10(2)17(23-11(14)3)28-19(20)21/h7,9,12,15,19H,4-6H2,1-3H3,(H,24,25)/t15-/m1/s1. The average molecular weight is 389 g/mol. The number of hydrogen-bond donors (Lipinski definition) is 1. The number of rotatable bonds is 7. The number of anilines is 2. The Morgan fingerprint density at radius 3 is 2.68 bits per heavy atom. The van der Waals surface area contributed by atoms with Crippen LogP contribution in [0.25, 0.3) is 0 Å². The van der Waals surface area contributed by atoms with Gasteiger partial charge in [0.25, 0.3) is 5.56 Å². The molecule has 148 valence electrons. The minimum Gasteiger partial charge on any atom is -0.417 e. The van der Waals surface area contributed by atoms with E-state index in [0.29, 0.717) is 22.9 Å². The van der Waals surface area contributed by atoms with Crippen molar-refractivity contribution < 1.29 is 13.5 Å². The van der Waals surface area contributed by atoms with Crippen LogP contribution in [0, 0.1) is 31.1 Å². The van der Waals surface area contributed by atoms with Crippen LogP contribution in [0.5, 0.6) is 5.88 Å². The average Bonchev–Trinajstić information content (AvgIpc) is 3.47. The van der Waals surface area contributed by atoms with Gasteiger partial charge in [-0.15, -0.1) is 0 Å². The van der Waals surface area contributed by atoms with Gasteiger partial charge in [-0.1, -0.05) is 6.92 Å². The SMILES string of the molecule is CC[C@H](C1CC1)n1cc(C#N)nc(Nc2cc(C)c(OC(F)F)nc2C)c1=O. The molecule has 1 aliphatic carbocycles. The Labute approximate surface area is 161 Å². The fraction of sp³-hybridized carbons (Fsp3) is 0.474. The fourth-order valence-corrected chi connectivity index (χ4v) is 3.27. The lowest BCUT2D eigenvalue weighted by Crippen LogP contribution is -2.29. The molecule has 2 aromatic heterocycles. The van der Waals surface area contributed by atoms with Gasteiger partial charge in [-0.25, -0.2) is 9.97 Å². The summed E-state index contributed by atoms with van der Waals surface area (Å²) >= 11 is 0. The van der Waals surface area contributed by atoms with Gasteiger partial charge < -0.3 is 14.6 Å². The second-order valence-electron chi connectivity index (χ2n) is 6.86. The molecule has 0 aromatic carbocycles. The van der Waals surface area contributed by atoms with E-state index in [9.17, 15) is 18.8 Å². The van der Waals surface area contributed by atoms with E-state index in [0.717, 1.165) is 19.3 Å². The zero-order chi connectivity index (χ0) is 20.4. The first kappa shape index (κ1) is 19.7. The molecule has 2 aromatic rings. The molecule has 0 saturated heterocycles. The smallest absolute Gasteiger partial charge is 0.388 e. The van der Waals surface area contributed by atoms with Crippen LogP contribution in [0.1, 0.15) is 49.2 Å². The largest absolute Gasteiger partial charge is 0.417 e. The number of aromatic nitrogens is 3. The van der Waals surface area contributed by atoms with Gasteiger partial charge in [0.15, 0.2) is 11.5 Å². The lowest BCUT2D eigenvalue weighted by Gasteiger charge is -2.19. The van der Waals surface area contributed by atoms with E-state index in [1.165, 1.54) is 6.20 Å². The van der Waals surface area contributed by atoms with Crippen molar-refractivity contribution in [3.63, 3.8) is 0 Å². The maximum atomic E-state index is 13.0. The summed E-state index contributed by atoms with van der Waals surface area (Å²) in [5.41, 5.74) is 0.980. The summed E-state index contributed by atoms with van der Waals surface area (Å²) in [7, 11) is 0. The predicted molar refractivity (Wildman–Crippen MR) is 98.9 cm³/mol. The van der Waals surface area contributed by atoms with E-state index < -0.39 is 6.61 Å². The molecule has 1 N–H and O–H groups in total. The van der Waals surface area contributed by atoms with Crippen LogP contribution >= 0.6 is 0 Å². The Kier molecular flexibility index (Phi) is 5.58. The van der Waals surface area contributed by atoms with E-state index in [-0.39, 0.29) is 29.0 Å². The monoisotopic (exact) mass is 389 g/mol. The maximum absolute atomic E-state index is 13.0. The van der Waals surface area contributed by atoms with E-state index in [2.05, 4.69) is 20.0 Å². The predicted octanol–water partition coefficient (Wildman–Crippen LogP) is 3.83. The molecule has 1 aliphatic rings. The van der Waals surface area contributed by atoms with Crippen LogP contribution in [-0.4, -0.2) is 21.1 Å². The van der Waals surface area contributed by atoms with Gasteiger partial charge in [0.05, 0.1) is 11.4 Å². The normalized spacial score (nSPS) is 14.6. The van der Waals surface area contributed by atoms with Crippen LogP contribution in [0.15, 0.2) is 17.1 Å². The van der Waals surface area contributed by atoms with Crippen LogP contribution in [0.4, 0.5) is 20.3 Å². The van der Waals surface area contributed by atoms with E-state index in [1.54, 1.807) is 24.5 Å². The van der Waals surface area contributed by atoms with Gasteiger partial charge in [0, 0.05) is 17.8 Å². The number of alkyl halides is 2. The molecule has 2 heterocycles. The first-order valence-corrected chi connectivity index (χ1v) is 9.07. The van der Waals surface area contributed by atoms with Gasteiger partial charge in [-0.2, -0.15) is 14.0 Å². The van der Waals surface area contributed by atoms with E-state index in [1.807, 2.05) is 13.0 Å². The number of nitriles is 1. The molecule has 0 aliphatic heterocycles. The number of aryl methyl sites for hydroxylation is 2. The van der Waals surface area contributed by atoms with Crippen LogP contribution in [0.2, 0.25) is 0 Å². The zero-order valence-corrected chi connectivity index (χ0v) is 15.9. The Hall–Kier alpha value is -3.02. The molecule has 0 bridgehead atoms. The van der Waals surface area contributed by atoms with Gasteiger partial charge in [-0.3, -0.25) is 4.79 Å². The molecule has 9 heteroatoms. The Balaban J connectivity index is 1.99. The number of nitrogens with zero attached hydrogens (tertiary/aromatic N) is 4. The minimum atomic E-state index is -2.97. The van der Waals surface area contributed by atoms with Crippen LogP contribution in [0.3, 0.4) is 0 Å². The summed E-state index contributed by atoms with van der Waals surface area (Å²) in [6.07, 6.45) is 4.39. The lowest BCUT2D eigenvalue weighted by atomic mass is 10.1. The third-order valence-electron chi connectivity index (χ3n) is 4.80. The maximum Gasteiger partial charge on any atom is 0.388 e. The van der Waals surface area contributed by atoms with Crippen molar-refractivity contribution in [3.8, 4) is 11.9 Å². The van der Waals surface area contributed by atoms with Crippen molar-refractivity contribution in [1.29, 1.82) is 5.26 Å². The van der Waals surface area contributed by atoms with Gasteiger partial charge >= 0.3 is 6.61 Å². The van der Waals surface area contributed by atoms with Crippen LogP contribution in [-0.2, 0) is 0 Å². The highest BCUT2D eigenvalue weighted by Gasteiger charge is 2.32. The van der Waals surface area contributed by atoms with Crippen molar-refractivity contribution >= 4 is 11.5 Å². The number of ether oxygens (including phenoxy) is 1. The summed E-state index contributed by atoms with van der Waals surface area (Å²) in [6.45, 7) is 2.21. The number of halogens is 2. The number of pyridine rings is 1. The highest BCUT2D eigenvalue weighted by Crippen LogP contribution is 2.41. The summed E-state index contributed by atoms with van der Waals surface area (Å²) in [6, 6.07) is 3.56. The molecule has 7 nitrogen and oxygen atoms in total. The lowest BCUT2D eigenvalue weighted by molar-refractivity contribution is -0.0533. The molecular formula is C19H21F2N5O2. The minimum absolute atomic E-state index is 0.00461. The fourth-order valence-electron chi connectivity index (χ4n) is 3.27. The van der Waals surface area contributed by atoms with Crippen molar-refractivity contribution in [2.45, 2.75) is 52.7 Å². The Morgan fingerprint density at radius 2 is 2.11 bits per heavy atom. The summed E-state index contributed by atoms with van der Waals surface area (Å²) < 4.78 is 30.9. The summed E-state index contributed by atoms with van der Waals surface area (Å²) in [5.74, 6) is 0.264. The molecule has 3 rings (SSSR count). The van der Waals surface area contributed by atoms with Gasteiger partial charge in [-0.05, 0) is 45.1 Å². The summed E-state index contributed by atoms with van der Waals surface area (Å²) in [4.78, 5) is 21.1. The van der Waals surface area contributed by atoms with Crippen molar-refractivity contribution in [2.24, 2.45) is 5.92 Å². The highest BCUT2D eigenvalue weighted by atomic mass is 19.3. The molecular weight excluding hydrogens is 368 g/mol. The molecule has 0 spiro atoms. The molecule has 0 unspecified atom stereocenters. The second-order valence-corrected chi connectivity index (χ2v) is 6.86. The molecule has 0 radical (unpaired) electrons. The summed E-state index contributed by atoms with van der Waals surface area (Å²) in [5, 5.41) is 12.2.